The first kappa shape index (κ1) is 13.3. The van der Waals surface area contributed by atoms with Gasteiger partial charge in [0.1, 0.15) is 5.82 Å². The number of aryl methyl sites for hydroxylation is 3. The van der Waals surface area contributed by atoms with Crippen LogP contribution in [-0.4, -0.2) is 0 Å². The molecule has 1 atom stereocenters. The Morgan fingerprint density at radius 3 is 2.70 bits per heavy atom. The molecule has 3 rings (SSSR count). The Morgan fingerprint density at radius 2 is 1.90 bits per heavy atom. The number of halogens is 1. The lowest BCUT2D eigenvalue weighted by Gasteiger charge is -2.14. The molecule has 0 saturated heterocycles. The predicted octanol–water partition coefficient (Wildman–Crippen LogP) is 3.87. The van der Waals surface area contributed by atoms with Crippen molar-refractivity contribution in [2.75, 3.05) is 0 Å². The van der Waals surface area contributed by atoms with E-state index in [0.29, 0.717) is 0 Å². The zero-order chi connectivity index (χ0) is 14.1. The van der Waals surface area contributed by atoms with Crippen LogP contribution >= 0.6 is 0 Å². The summed E-state index contributed by atoms with van der Waals surface area (Å²) >= 11 is 0. The van der Waals surface area contributed by atoms with Gasteiger partial charge in [-0.1, -0.05) is 24.3 Å². The third-order valence-electron chi connectivity index (χ3n) is 4.11. The maximum absolute atomic E-state index is 13.5. The fraction of sp³-hybridized carbons (Fsp3) is 0.333. The fourth-order valence-electron chi connectivity index (χ4n) is 3.10. The second-order valence-corrected chi connectivity index (χ2v) is 5.83. The minimum absolute atomic E-state index is 0.149. The Bertz CT molecular complexity index is 613. The van der Waals surface area contributed by atoms with E-state index >= 15 is 0 Å². The molecular formula is C18H20FN. The highest BCUT2D eigenvalue weighted by Gasteiger charge is 2.13. The standard InChI is InChI=1S/C18H20FN/c1-12-7-16(11-17(19)8-12)18(20)10-13-5-6-14-3-2-4-15(14)9-13/h5-9,11,18H,2-4,10,20H2,1H3. The molecule has 0 spiro atoms. The monoisotopic (exact) mass is 269 g/mol. The molecule has 0 bridgehead atoms. The Labute approximate surface area is 119 Å². The molecule has 1 aliphatic carbocycles. The van der Waals surface area contributed by atoms with Crippen LogP contribution in [0.15, 0.2) is 36.4 Å². The van der Waals surface area contributed by atoms with Gasteiger partial charge in [0.15, 0.2) is 0 Å². The van der Waals surface area contributed by atoms with E-state index in [-0.39, 0.29) is 11.9 Å². The number of hydrogen-bond acceptors (Lipinski definition) is 1. The smallest absolute Gasteiger partial charge is 0.123 e. The summed E-state index contributed by atoms with van der Waals surface area (Å²) in [5.41, 5.74) is 12.2. The molecule has 2 aromatic rings. The van der Waals surface area contributed by atoms with Crippen molar-refractivity contribution < 1.29 is 4.39 Å². The topological polar surface area (TPSA) is 26.0 Å². The summed E-state index contributed by atoms with van der Waals surface area (Å²) in [6, 6.07) is 11.6. The molecule has 1 unspecified atom stereocenters. The van der Waals surface area contributed by atoms with Gasteiger partial charge in [-0.3, -0.25) is 0 Å². The molecule has 0 fully saturated rings. The summed E-state index contributed by atoms with van der Waals surface area (Å²) < 4.78 is 13.5. The van der Waals surface area contributed by atoms with E-state index in [4.69, 9.17) is 5.73 Å². The quantitative estimate of drug-likeness (QED) is 0.899. The Hall–Kier alpha value is -1.67. The molecule has 2 N–H and O–H groups in total. The van der Waals surface area contributed by atoms with Gasteiger partial charge in [0.2, 0.25) is 0 Å². The number of rotatable bonds is 3. The van der Waals surface area contributed by atoms with Crippen molar-refractivity contribution in [1.29, 1.82) is 0 Å². The molecule has 0 radical (unpaired) electrons. The molecule has 2 heteroatoms. The maximum Gasteiger partial charge on any atom is 0.123 e. The molecule has 0 aliphatic heterocycles. The summed E-state index contributed by atoms with van der Waals surface area (Å²) in [5, 5.41) is 0. The second-order valence-electron chi connectivity index (χ2n) is 5.83. The zero-order valence-corrected chi connectivity index (χ0v) is 11.8. The number of benzene rings is 2. The summed E-state index contributed by atoms with van der Waals surface area (Å²) in [7, 11) is 0. The van der Waals surface area contributed by atoms with Crippen LogP contribution < -0.4 is 5.73 Å². The van der Waals surface area contributed by atoms with Crippen molar-refractivity contribution in [2.45, 2.75) is 38.6 Å². The minimum Gasteiger partial charge on any atom is -0.324 e. The van der Waals surface area contributed by atoms with Gasteiger partial charge in [0.25, 0.3) is 0 Å². The first-order valence-electron chi connectivity index (χ1n) is 7.25. The summed E-state index contributed by atoms with van der Waals surface area (Å²) in [4.78, 5) is 0. The predicted molar refractivity (Wildman–Crippen MR) is 80.2 cm³/mol. The lowest BCUT2D eigenvalue weighted by atomic mass is 9.96. The van der Waals surface area contributed by atoms with E-state index < -0.39 is 0 Å². The largest absolute Gasteiger partial charge is 0.324 e. The first-order chi connectivity index (χ1) is 9.61. The number of hydrogen-bond donors (Lipinski definition) is 1. The third kappa shape index (κ3) is 2.75. The molecule has 0 heterocycles. The highest BCUT2D eigenvalue weighted by atomic mass is 19.1. The molecule has 0 aromatic heterocycles. The molecule has 0 saturated carbocycles. The average Bonchev–Trinajstić information content (AvgIpc) is 2.85. The molecule has 1 nitrogen and oxygen atoms in total. The van der Waals surface area contributed by atoms with Crippen LogP contribution in [0.1, 0.15) is 40.3 Å². The van der Waals surface area contributed by atoms with Gasteiger partial charge in [-0.15, -0.1) is 0 Å². The van der Waals surface area contributed by atoms with E-state index in [0.717, 1.165) is 17.5 Å². The van der Waals surface area contributed by atoms with Gasteiger partial charge in [-0.05, 0) is 72.6 Å². The van der Waals surface area contributed by atoms with Crippen molar-refractivity contribution in [3.8, 4) is 0 Å². The van der Waals surface area contributed by atoms with Crippen LogP contribution in [-0.2, 0) is 19.3 Å². The SMILES string of the molecule is Cc1cc(F)cc(C(N)Cc2ccc3c(c2)CCC3)c1. The molecule has 1 aliphatic rings. The van der Waals surface area contributed by atoms with Crippen LogP contribution in [0.5, 0.6) is 0 Å². The van der Waals surface area contributed by atoms with Gasteiger partial charge in [0.05, 0.1) is 0 Å². The summed E-state index contributed by atoms with van der Waals surface area (Å²) in [5.74, 6) is -0.204. The third-order valence-corrected chi connectivity index (χ3v) is 4.11. The van der Waals surface area contributed by atoms with Gasteiger partial charge in [-0.25, -0.2) is 4.39 Å². The molecule has 20 heavy (non-hydrogen) atoms. The van der Waals surface area contributed by atoms with Crippen molar-refractivity contribution in [2.24, 2.45) is 5.73 Å². The minimum atomic E-state index is -0.204. The summed E-state index contributed by atoms with van der Waals surface area (Å²) in [6.07, 6.45) is 4.40. The van der Waals surface area contributed by atoms with Crippen LogP contribution in [0.2, 0.25) is 0 Å². The number of fused-ring (bicyclic) bond motifs is 1. The second kappa shape index (κ2) is 5.37. The maximum atomic E-state index is 13.5. The lowest BCUT2D eigenvalue weighted by Crippen LogP contribution is -2.14. The van der Waals surface area contributed by atoms with Crippen LogP contribution in [0, 0.1) is 12.7 Å². The van der Waals surface area contributed by atoms with Crippen LogP contribution in [0.3, 0.4) is 0 Å². The van der Waals surface area contributed by atoms with Gasteiger partial charge in [-0.2, -0.15) is 0 Å². The van der Waals surface area contributed by atoms with Crippen molar-refractivity contribution in [3.63, 3.8) is 0 Å². The fourth-order valence-corrected chi connectivity index (χ4v) is 3.10. The van der Waals surface area contributed by atoms with E-state index in [2.05, 4.69) is 18.2 Å². The Balaban J connectivity index is 1.80. The van der Waals surface area contributed by atoms with Gasteiger partial charge in [0, 0.05) is 6.04 Å². The molecular weight excluding hydrogens is 249 g/mol. The Morgan fingerprint density at radius 1 is 1.10 bits per heavy atom. The van der Waals surface area contributed by atoms with E-state index in [9.17, 15) is 4.39 Å². The van der Waals surface area contributed by atoms with Gasteiger partial charge >= 0.3 is 0 Å². The van der Waals surface area contributed by atoms with Crippen LogP contribution in [0.4, 0.5) is 4.39 Å². The average molecular weight is 269 g/mol. The van der Waals surface area contributed by atoms with E-state index in [1.807, 2.05) is 13.0 Å². The normalized spacial score (nSPS) is 15.2. The Kier molecular flexibility index (Phi) is 3.58. The number of nitrogens with two attached hydrogens (primary N) is 1. The highest BCUT2D eigenvalue weighted by Crippen LogP contribution is 2.25. The van der Waals surface area contributed by atoms with Crippen molar-refractivity contribution in [1.82, 2.24) is 0 Å². The van der Waals surface area contributed by atoms with E-state index in [1.165, 1.54) is 42.0 Å². The molecule has 2 aromatic carbocycles. The first-order valence-corrected chi connectivity index (χ1v) is 7.25. The lowest BCUT2D eigenvalue weighted by molar-refractivity contribution is 0.617. The van der Waals surface area contributed by atoms with E-state index in [1.54, 1.807) is 6.07 Å². The van der Waals surface area contributed by atoms with Crippen LogP contribution in [0.25, 0.3) is 0 Å². The highest BCUT2D eigenvalue weighted by molar-refractivity contribution is 5.36. The van der Waals surface area contributed by atoms with Crippen molar-refractivity contribution >= 4 is 0 Å². The zero-order valence-electron chi connectivity index (χ0n) is 11.8. The molecule has 104 valence electrons. The van der Waals surface area contributed by atoms with Crippen molar-refractivity contribution in [3.05, 3.63) is 70.0 Å². The van der Waals surface area contributed by atoms with Gasteiger partial charge < -0.3 is 5.73 Å². The summed E-state index contributed by atoms with van der Waals surface area (Å²) in [6.45, 7) is 1.90. The molecule has 0 amide bonds.